The molecule has 112 valence electrons. The molecule has 1 N–H and O–H groups in total. The molecule has 1 fully saturated rings. The van der Waals surface area contributed by atoms with E-state index in [4.69, 9.17) is 4.98 Å². The summed E-state index contributed by atoms with van der Waals surface area (Å²) in [5, 5.41) is 3.51. The highest BCUT2D eigenvalue weighted by Crippen LogP contribution is 2.28. The highest BCUT2D eigenvalue weighted by Gasteiger charge is 2.27. The van der Waals surface area contributed by atoms with Crippen LogP contribution in [-0.4, -0.2) is 23.6 Å². The van der Waals surface area contributed by atoms with Gasteiger partial charge >= 0.3 is 0 Å². The first-order valence-electron chi connectivity index (χ1n) is 7.72. The summed E-state index contributed by atoms with van der Waals surface area (Å²) in [5.74, 6) is 2.69. The van der Waals surface area contributed by atoms with E-state index in [0.717, 1.165) is 31.5 Å². The number of hydrogen-bond donors (Lipinski definition) is 1. The van der Waals surface area contributed by atoms with Crippen LogP contribution in [0, 0.1) is 18.8 Å². The number of aromatic nitrogens is 1. The van der Waals surface area contributed by atoms with Gasteiger partial charge in [-0.25, -0.2) is 4.98 Å². The summed E-state index contributed by atoms with van der Waals surface area (Å²) in [6.07, 6.45) is 2.02. The lowest BCUT2D eigenvalue weighted by atomic mass is 10.0. The van der Waals surface area contributed by atoms with Crippen molar-refractivity contribution in [1.29, 1.82) is 0 Å². The van der Waals surface area contributed by atoms with Gasteiger partial charge in [0.05, 0.1) is 0 Å². The van der Waals surface area contributed by atoms with Crippen LogP contribution in [0.5, 0.6) is 0 Å². The van der Waals surface area contributed by atoms with Gasteiger partial charge in [0.15, 0.2) is 0 Å². The third-order valence-corrected chi connectivity index (χ3v) is 4.22. The van der Waals surface area contributed by atoms with Crippen LogP contribution in [0.15, 0.2) is 12.3 Å². The van der Waals surface area contributed by atoms with E-state index in [1.165, 1.54) is 16.9 Å². The summed E-state index contributed by atoms with van der Waals surface area (Å²) in [6.45, 7) is 16.6. The largest absolute Gasteiger partial charge is 0.356 e. The summed E-state index contributed by atoms with van der Waals surface area (Å²) in [6, 6.07) is 2.27. The van der Waals surface area contributed by atoms with Crippen molar-refractivity contribution in [2.45, 2.75) is 53.6 Å². The zero-order chi connectivity index (χ0) is 14.9. The van der Waals surface area contributed by atoms with E-state index in [9.17, 15) is 0 Å². The van der Waals surface area contributed by atoms with Gasteiger partial charge < -0.3 is 10.2 Å². The summed E-state index contributed by atoms with van der Waals surface area (Å²) in [7, 11) is 0. The molecule has 0 saturated carbocycles. The lowest BCUT2D eigenvalue weighted by Crippen LogP contribution is -2.35. The smallest absolute Gasteiger partial charge is 0.131 e. The molecule has 0 aromatic carbocycles. The minimum absolute atomic E-state index is 0.145. The van der Waals surface area contributed by atoms with E-state index in [2.05, 4.69) is 57.8 Å². The van der Waals surface area contributed by atoms with Crippen LogP contribution in [0.2, 0.25) is 0 Å². The number of anilines is 1. The summed E-state index contributed by atoms with van der Waals surface area (Å²) >= 11 is 0. The third-order valence-electron chi connectivity index (χ3n) is 4.22. The molecular weight excluding hydrogens is 246 g/mol. The molecule has 1 aromatic rings. The molecule has 2 atom stereocenters. The number of hydrogen-bond acceptors (Lipinski definition) is 3. The normalized spacial score (nSPS) is 23.4. The van der Waals surface area contributed by atoms with E-state index in [-0.39, 0.29) is 5.54 Å². The Morgan fingerprint density at radius 3 is 2.35 bits per heavy atom. The van der Waals surface area contributed by atoms with Crippen molar-refractivity contribution in [3.05, 3.63) is 23.4 Å². The van der Waals surface area contributed by atoms with Crippen molar-refractivity contribution < 1.29 is 0 Å². The van der Waals surface area contributed by atoms with Gasteiger partial charge in [-0.3, -0.25) is 0 Å². The van der Waals surface area contributed by atoms with Crippen molar-refractivity contribution in [3.8, 4) is 0 Å². The number of nitrogens with zero attached hydrogens (tertiary/aromatic N) is 2. The van der Waals surface area contributed by atoms with Crippen LogP contribution in [-0.2, 0) is 6.54 Å². The van der Waals surface area contributed by atoms with Gasteiger partial charge in [0, 0.05) is 31.4 Å². The van der Waals surface area contributed by atoms with Gasteiger partial charge in [-0.1, -0.05) is 13.8 Å². The van der Waals surface area contributed by atoms with Crippen molar-refractivity contribution in [2.75, 3.05) is 18.0 Å². The molecule has 1 saturated heterocycles. The second kappa shape index (κ2) is 5.72. The minimum Gasteiger partial charge on any atom is -0.356 e. The molecule has 0 spiro atoms. The summed E-state index contributed by atoms with van der Waals surface area (Å²) < 4.78 is 0. The molecule has 0 amide bonds. The van der Waals surface area contributed by atoms with Crippen LogP contribution in [0.4, 0.5) is 5.82 Å². The van der Waals surface area contributed by atoms with E-state index in [1.807, 2.05) is 6.20 Å². The highest BCUT2D eigenvalue weighted by atomic mass is 15.2. The lowest BCUT2D eigenvalue weighted by Gasteiger charge is -2.22. The topological polar surface area (TPSA) is 28.2 Å². The van der Waals surface area contributed by atoms with Crippen molar-refractivity contribution in [3.63, 3.8) is 0 Å². The minimum atomic E-state index is 0.145. The predicted molar refractivity (Wildman–Crippen MR) is 86.1 cm³/mol. The highest BCUT2D eigenvalue weighted by molar-refractivity contribution is 5.48. The van der Waals surface area contributed by atoms with Crippen LogP contribution >= 0.6 is 0 Å². The Balaban J connectivity index is 2.07. The van der Waals surface area contributed by atoms with Gasteiger partial charge in [-0.2, -0.15) is 0 Å². The third kappa shape index (κ3) is 3.72. The quantitative estimate of drug-likeness (QED) is 0.916. The number of rotatable bonds is 3. The molecule has 0 bridgehead atoms. The molecule has 3 nitrogen and oxygen atoms in total. The van der Waals surface area contributed by atoms with Gasteiger partial charge in [0.2, 0.25) is 0 Å². The first-order valence-corrected chi connectivity index (χ1v) is 7.72. The Labute approximate surface area is 123 Å². The van der Waals surface area contributed by atoms with Crippen molar-refractivity contribution >= 4 is 5.82 Å². The zero-order valence-electron chi connectivity index (χ0n) is 13.8. The van der Waals surface area contributed by atoms with Gasteiger partial charge in [-0.05, 0) is 56.7 Å². The van der Waals surface area contributed by atoms with E-state index >= 15 is 0 Å². The number of pyridine rings is 1. The van der Waals surface area contributed by atoms with Crippen LogP contribution in [0.1, 0.15) is 45.7 Å². The SMILES string of the molecule is Cc1cc(CNC(C)(C)C)cnc1N1CC(C)C(C)C1. The van der Waals surface area contributed by atoms with Gasteiger partial charge in [-0.15, -0.1) is 0 Å². The molecule has 0 radical (unpaired) electrons. The molecule has 1 aromatic heterocycles. The maximum absolute atomic E-state index is 4.72. The van der Waals surface area contributed by atoms with Gasteiger partial charge in [0.1, 0.15) is 5.82 Å². The molecular formula is C17H29N3. The molecule has 1 aliphatic rings. The average Bonchev–Trinajstić information content (AvgIpc) is 2.66. The maximum Gasteiger partial charge on any atom is 0.131 e. The Kier molecular flexibility index (Phi) is 4.38. The monoisotopic (exact) mass is 275 g/mol. The zero-order valence-corrected chi connectivity index (χ0v) is 13.8. The summed E-state index contributed by atoms with van der Waals surface area (Å²) in [4.78, 5) is 7.15. The predicted octanol–water partition coefficient (Wildman–Crippen LogP) is 3.37. The fourth-order valence-corrected chi connectivity index (χ4v) is 2.72. The summed E-state index contributed by atoms with van der Waals surface area (Å²) in [5.41, 5.74) is 2.70. The Morgan fingerprint density at radius 2 is 1.85 bits per heavy atom. The molecule has 2 rings (SSSR count). The second-order valence-corrected chi connectivity index (χ2v) is 7.45. The Morgan fingerprint density at radius 1 is 1.25 bits per heavy atom. The fraction of sp³-hybridized carbons (Fsp3) is 0.706. The standard InChI is InChI=1S/C17H29N3/c1-12-7-15(9-19-17(4,5)6)8-18-16(12)20-10-13(2)14(3)11-20/h7-8,13-14,19H,9-11H2,1-6H3. The number of aryl methyl sites for hydroxylation is 1. The second-order valence-electron chi connectivity index (χ2n) is 7.45. The maximum atomic E-state index is 4.72. The first-order chi connectivity index (χ1) is 9.26. The van der Waals surface area contributed by atoms with Gasteiger partial charge in [0.25, 0.3) is 0 Å². The van der Waals surface area contributed by atoms with E-state index < -0.39 is 0 Å². The molecule has 20 heavy (non-hydrogen) atoms. The first kappa shape index (κ1) is 15.3. The molecule has 2 heterocycles. The van der Waals surface area contributed by atoms with Crippen LogP contribution in [0.25, 0.3) is 0 Å². The Bertz CT molecular complexity index is 452. The number of nitrogens with one attached hydrogen (secondary N) is 1. The van der Waals surface area contributed by atoms with E-state index in [1.54, 1.807) is 0 Å². The fourth-order valence-electron chi connectivity index (χ4n) is 2.72. The lowest BCUT2D eigenvalue weighted by molar-refractivity contribution is 0.424. The van der Waals surface area contributed by atoms with Crippen molar-refractivity contribution in [2.24, 2.45) is 11.8 Å². The van der Waals surface area contributed by atoms with Crippen LogP contribution in [0.3, 0.4) is 0 Å². The molecule has 0 aliphatic carbocycles. The van der Waals surface area contributed by atoms with E-state index in [0.29, 0.717) is 0 Å². The molecule has 2 unspecified atom stereocenters. The van der Waals surface area contributed by atoms with Crippen LogP contribution < -0.4 is 10.2 Å². The van der Waals surface area contributed by atoms with Crippen molar-refractivity contribution in [1.82, 2.24) is 10.3 Å². The molecule has 3 heteroatoms. The Hall–Kier alpha value is -1.09. The molecule has 1 aliphatic heterocycles. The average molecular weight is 275 g/mol.